The predicted octanol–water partition coefficient (Wildman–Crippen LogP) is 1.59. The zero-order valence-corrected chi connectivity index (χ0v) is 12.1. The number of carbonyl (C=O) groups excluding carboxylic acids is 1. The van der Waals surface area contributed by atoms with Crippen LogP contribution in [0.5, 0.6) is 5.75 Å². The molecule has 5 nitrogen and oxygen atoms in total. The molecule has 0 radical (unpaired) electrons. The van der Waals surface area contributed by atoms with Crippen molar-refractivity contribution in [3.63, 3.8) is 0 Å². The fraction of sp³-hybridized carbons (Fsp3) is 0.467. The van der Waals surface area contributed by atoms with Crippen molar-refractivity contribution in [2.24, 2.45) is 0 Å². The SMILES string of the molecule is CC(C)(C#N)N1CCN(C(=O)c2ccc(F)cc2O)CC1. The Balaban J connectivity index is 2.06. The number of piperazine rings is 1. The number of amides is 1. The molecule has 112 valence electrons. The standard InChI is InChI=1S/C15H18FN3O2/c1-15(2,10-17)19-7-5-18(6-8-19)14(21)12-4-3-11(16)9-13(12)20/h3-4,9,20H,5-8H2,1-2H3. The quantitative estimate of drug-likeness (QED) is 0.898. The first-order chi connectivity index (χ1) is 9.85. The fourth-order valence-corrected chi connectivity index (χ4v) is 2.40. The molecule has 1 aromatic rings. The van der Waals surface area contributed by atoms with E-state index < -0.39 is 11.4 Å². The Kier molecular flexibility index (Phi) is 4.14. The zero-order valence-electron chi connectivity index (χ0n) is 12.1. The molecule has 21 heavy (non-hydrogen) atoms. The molecular weight excluding hydrogens is 273 g/mol. The van der Waals surface area contributed by atoms with Crippen molar-refractivity contribution in [1.82, 2.24) is 9.80 Å². The van der Waals surface area contributed by atoms with Crippen LogP contribution in [0.4, 0.5) is 4.39 Å². The number of carbonyl (C=O) groups is 1. The zero-order chi connectivity index (χ0) is 15.6. The van der Waals surface area contributed by atoms with E-state index in [-0.39, 0.29) is 17.2 Å². The molecule has 1 fully saturated rings. The second-order valence-electron chi connectivity index (χ2n) is 5.61. The highest BCUT2D eigenvalue weighted by Gasteiger charge is 2.31. The Morgan fingerprint density at radius 2 is 1.95 bits per heavy atom. The smallest absolute Gasteiger partial charge is 0.257 e. The molecule has 0 atom stereocenters. The van der Waals surface area contributed by atoms with Crippen molar-refractivity contribution in [3.05, 3.63) is 29.6 Å². The van der Waals surface area contributed by atoms with Gasteiger partial charge in [0.25, 0.3) is 5.91 Å². The van der Waals surface area contributed by atoms with E-state index in [1.165, 1.54) is 6.07 Å². The number of hydrogen-bond acceptors (Lipinski definition) is 4. The molecule has 2 rings (SSSR count). The number of hydrogen-bond donors (Lipinski definition) is 1. The lowest BCUT2D eigenvalue weighted by molar-refractivity contribution is 0.0518. The van der Waals surface area contributed by atoms with Gasteiger partial charge in [0, 0.05) is 32.2 Å². The highest BCUT2D eigenvalue weighted by molar-refractivity contribution is 5.96. The molecule has 0 spiro atoms. The number of nitriles is 1. The maximum Gasteiger partial charge on any atom is 0.257 e. The maximum atomic E-state index is 13.0. The van der Waals surface area contributed by atoms with E-state index in [9.17, 15) is 14.3 Å². The minimum absolute atomic E-state index is 0.101. The summed E-state index contributed by atoms with van der Waals surface area (Å²) < 4.78 is 13.0. The van der Waals surface area contributed by atoms with Crippen LogP contribution in [0.3, 0.4) is 0 Å². The van der Waals surface area contributed by atoms with E-state index in [1.54, 1.807) is 4.90 Å². The van der Waals surface area contributed by atoms with Gasteiger partial charge in [-0.2, -0.15) is 5.26 Å². The van der Waals surface area contributed by atoms with Crippen molar-refractivity contribution in [3.8, 4) is 11.8 Å². The minimum atomic E-state index is -0.579. The van der Waals surface area contributed by atoms with Gasteiger partial charge in [0.05, 0.1) is 11.6 Å². The van der Waals surface area contributed by atoms with Crippen LogP contribution in [-0.2, 0) is 0 Å². The lowest BCUT2D eigenvalue weighted by Crippen LogP contribution is -2.55. The molecule has 1 aliphatic heterocycles. The van der Waals surface area contributed by atoms with Gasteiger partial charge in [-0.25, -0.2) is 4.39 Å². The Hall–Kier alpha value is -2.13. The second kappa shape index (κ2) is 5.70. The van der Waals surface area contributed by atoms with E-state index in [4.69, 9.17) is 5.26 Å². The number of phenolic OH excluding ortho intramolecular Hbond substituents is 1. The third kappa shape index (κ3) is 3.14. The van der Waals surface area contributed by atoms with Gasteiger partial charge in [-0.15, -0.1) is 0 Å². The van der Waals surface area contributed by atoms with Crippen molar-refractivity contribution in [1.29, 1.82) is 5.26 Å². The Morgan fingerprint density at radius 3 is 2.48 bits per heavy atom. The van der Waals surface area contributed by atoms with Crippen LogP contribution in [0.2, 0.25) is 0 Å². The average molecular weight is 291 g/mol. The van der Waals surface area contributed by atoms with E-state index in [1.807, 2.05) is 18.7 Å². The normalized spacial score (nSPS) is 16.6. The molecule has 1 amide bonds. The van der Waals surface area contributed by atoms with Crippen LogP contribution in [0.25, 0.3) is 0 Å². The predicted molar refractivity (Wildman–Crippen MR) is 75.2 cm³/mol. The fourth-order valence-electron chi connectivity index (χ4n) is 2.40. The van der Waals surface area contributed by atoms with E-state index in [0.717, 1.165) is 12.1 Å². The van der Waals surface area contributed by atoms with E-state index in [0.29, 0.717) is 26.2 Å². The Labute approximate surface area is 123 Å². The van der Waals surface area contributed by atoms with Crippen molar-refractivity contribution >= 4 is 5.91 Å². The number of nitrogens with zero attached hydrogens (tertiary/aromatic N) is 3. The van der Waals surface area contributed by atoms with Gasteiger partial charge in [-0.1, -0.05) is 0 Å². The summed E-state index contributed by atoms with van der Waals surface area (Å²) in [6, 6.07) is 5.62. The summed E-state index contributed by atoms with van der Waals surface area (Å²) in [5.74, 6) is -1.24. The average Bonchev–Trinajstić information content (AvgIpc) is 2.47. The molecule has 1 aliphatic rings. The molecule has 1 saturated heterocycles. The van der Waals surface area contributed by atoms with Gasteiger partial charge in [0.2, 0.25) is 0 Å². The summed E-state index contributed by atoms with van der Waals surface area (Å²) in [4.78, 5) is 15.9. The molecule has 0 unspecified atom stereocenters. The van der Waals surface area contributed by atoms with Gasteiger partial charge >= 0.3 is 0 Å². The number of aromatic hydroxyl groups is 1. The van der Waals surface area contributed by atoms with Crippen LogP contribution >= 0.6 is 0 Å². The molecule has 0 bridgehead atoms. The number of halogens is 1. The van der Waals surface area contributed by atoms with Crippen LogP contribution in [0, 0.1) is 17.1 Å². The van der Waals surface area contributed by atoms with E-state index >= 15 is 0 Å². The van der Waals surface area contributed by atoms with Gasteiger partial charge in [-0.3, -0.25) is 9.69 Å². The summed E-state index contributed by atoms with van der Waals surface area (Å²) in [7, 11) is 0. The van der Waals surface area contributed by atoms with Gasteiger partial charge in [0.15, 0.2) is 0 Å². The summed E-state index contributed by atoms with van der Waals surface area (Å²) in [6.07, 6.45) is 0. The van der Waals surface area contributed by atoms with Gasteiger partial charge in [0.1, 0.15) is 17.1 Å². The van der Waals surface area contributed by atoms with Crippen LogP contribution < -0.4 is 0 Å². The highest BCUT2D eigenvalue weighted by Crippen LogP contribution is 2.22. The lowest BCUT2D eigenvalue weighted by atomic mass is 10.0. The molecule has 0 aliphatic carbocycles. The maximum absolute atomic E-state index is 13.0. The molecular formula is C15H18FN3O2. The third-order valence-electron chi connectivity index (χ3n) is 3.82. The minimum Gasteiger partial charge on any atom is -0.507 e. The second-order valence-corrected chi connectivity index (χ2v) is 5.61. The molecule has 1 N–H and O–H groups in total. The van der Waals surface area contributed by atoms with E-state index in [2.05, 4.69) is 6.07 Å². The van der Waals surface area contributed by atoms with Crippen LogP contribution in [0.1, 0.15) is 24.2 Å². The van der Waals surface area contributed by atoms with Crippen LogP contribution in [-0.4, -0.2) is 52.5 Å². The topological polar surface area (TPSA) is 67.6 Å². The monoisotopic (exact) mass is 291 g/mol. The number of benzene rings is 1. The largest absolute Gasteiger partial charge is 0.507 e. The molecule has 6 heteroatoms. The van der Waals surface area contributed by atoms with Crippen molar-refractivity contribution in [2.45, 2.75) is 19.4 Å². The third-order valence-corrected chi connectivity index (χ3v) is 3.82. The Bertz CT molecular complexity index is 587. The van der Waals surface area contributed by atoms with Gasteiger partial charge in [-0.05, 0) is 26.0 Å². The lowest BCUT2D eigenvalue weighted by Gasteiger charge is -2.40. The summed E-state index contributed by atoms with van der Waals surface area (Å²) in [5.41, 5.74) is -0.461. The number of phenols is 1. The molecule has 1 heterocycles. The van der Waals surface area contributed by atoms with Crippen molar-refractivity contribution in [2.75, 3.05) is 26.2 Å². The highest BCUT2D eigenvalue weighted by atomic mass is 19.1. The molecule has 0 aromatic heterocycles. The Morgan fingerprint density at radius 1 is 1.33 bits per heavy atom. The first-order valence-corrected chi connectivity index (χ1v) is 6.79. The molecule has 0 saturated carbocycles. The van der Waals surface area contributed by atoms with Crippen LogP contribution in [0.15, 0.2) is 18.2 Å². The first-order valence-electron chi connectivity index (χ1n) is 6.79. The number of rotatable bonds is 2. The summed E-state index contributed by atoms with van der Waals surface area (Å²) >= 11 is 0. The first kappa shape index (κ1) is 15.3. The summed E-state index contributed by atoms with van der Waals surface area (Å²) in [6.45, 7) is 5.82. The van der Waals surface area contributed by atoms with Crippen molar-refractivity contribution < 1.29 is 14.3 Å². The molecule has 1 aromatic carbocycles. The van der Waals surface area contributed by atoms with Gasteiger partial charge < -0.3 is 10.0 Å². The summed E-state index contributed by atoms with van der Waals surface area (Å²) in [5, 5.41) is 18.8.